The van der Waals surface area contributed by atoms with E-state index in [9.17, 15) is 9.59 Å². The number of rotatable bonds is 6. The molecule has 8 heteroatoms. The molecule has 0 amide bonds. The molecule has 2 aromatic heterocycles. The predicted molar refractivity (Wildman–Crippen MR) is 102 cm³/mol. The van der Waals surface area contributed by atoms with Gasteiger partial charge in [0, 0.05) is 10.6 Å². The van der Waals surface area contributed by atoms with Crippen molar-refractivity contribution in [1.29, 1.82) is 0 Å². The molecule has 0 aliphatic carbocycles. The summed E-state index contributed by atoms with van der Waals surface area (Å²) in [7, 11) is 0. The van der Waals surface area contributed by atoms with Crippen molar-refractivity contribution in [3.8, 4) is 0 Å². The number of H-pyrrole nitrogens is 1. The monoisotopic (exact) mass is 394 g/mol. The van der Waals surface area contributed by atoms with Crippen LogP contribution in [0.5, 0.6) is 0 Å². The molecule has 5 nitrogen and oxygen atoms in total. The topological polar surface area (TPSA) is 72.0 Å². The molecule has 2 heterocycles. The molecular weight excluding hydrogens is 380 g/mol. The number of hydrogen-bond acceptors (Lipinski definition) is 6. The number of fused-ring (bicyclic) bond motifs is 1. The highest BCUT2D eigenvalue weighted by Crippen LogP contribution is 2.25. The van der Waals surface area contributed by atoms with E-state index in [0.717, 1.165) is 9.21 Å². The molecule has 0 radical (unpaired) electrons. The lowest BCUT2D eigenvalue weighted by molar-refractivity contribution is -0.145. The molecule has 3 aromatic rings. The number of esters is 1. The summed E-state index contributed by atoms with van der Waals surface area (Å²) in [4.78, 5) is 32.2. The number of para-hydroxylation sites is 1. The fourth-order valence-electron chi connectivity index (χ4n) is 2.25. The fraction of sp³-hybridized carbons (Fsp3) is 0.235. The van der Waals surface area contributed by atoms with Gasteiger partial charge in [0.1, 0.15) is 0 Å². The Morgan fingerprint density at radius 2 is 2.16 bits per heavy atom. The number of halogens is 1. The van der Waals surface area contributed by atoms with Crippen LogP contribution in [0.2, 0.25) is 4.34 Å². The Bertz CT molecular complexity index is 954. The summed E-state index contributed by atoms with van der Waals surface area (Å²) in [6.07, 6.45) is -0.624. The van der Waals surface area contributed by atoms with Crippen molar-refractivity contribution in [2.75, 3.05) is 5.75 Å². The standard InChI is InChI=1S/C17H15ClN2O3S2/c1-10(16-19-13-5-3-2-4-12(13)17(22)20-16)23-15(21)9-24-8-11-6-7-14(18)25-11/h2-7,10H,8-9H2,1H3,(H,19,20,22)/t10-/m0/s1. The van der Waals surface area contributed by atoms with Gasteiger partial charge in [0.05, 0.1) is 21.0 Å². The Kier molecular flexibility index (Phi) is 5.78. The molecule has 3 rings (SSSR count). The summed E-state index contributed by atoms with van der Waals surface area (Å²) >= 11 is 8.83. The van der Waals surface area contributed by atoms with Crippen molar-refractivity contribution < 1.29 is 9.53 Å². The SMILES string of the molecule is C[C@H](OC(=O)CSCc1ccc(Cl)s1)c1nc2ccccc2c(=O)[nH]1. The van der Waals surface area contributed by atoms with Crippen LogP contribution in [-0.4, -0.2) is 21.7 Å². The average molecular weight is 395 g/mol. The maximum Gasteiger partial charge on any atom is 0.316 e. The van der Waals surface area contributed by atoms with Crippen LogP contribution in [0, 0.1) is 0 Å². The molecule has 0 aliphatic rings. The van der Waals surface area contributed by atoms with E-state index >= 15 is 0 Å². The van der Waals surface area contributed by atoms with E-state index in [-0.39, 0.29) is 17.3 Å². The van der Waals surface area contributed by atoms with Gasteiger partial charge in [-0.25, -0.2) is 4.98 Å². The third-order valence-corrected chi connectivity index (χ3v) is 5.79. The number of ether oxygens (including phenoxy) is 1. The predicted octanol–water partition coefficient (Wildman–Crippen LogP) is 4.18. The van der Waals surface area contributed by atoms with Crippen molar-refractivity contribution in [2.24, 2.45) is 0 Å². The van der Waals surface area contributed by atoms with Gasteiger partial charge in [-0.3, -0.25) is 9.59 Å². The van der Waals surface area contributed by atoms with Gasteiger partial charge < -0.3 is 9.72 Å². The van der Waals surface area contributed by atoms with Gasteiger partial charge >= 0.3 is 5.97 Å². The first kappa shape index (κ1) is 18.0. The average Bonchev–Trinajstić information content (AvgIpc) is 3.00. The van der Waals surface area contributed by atoms with Crippen molar-refractivity contribution in [3.63, 3.8) is 0 Å². The van der Waals surface area contributed by atoms with E-state index in [2.05, 4.69) is 9.97 Å². The van der Waals surface area contributed by atoms with Crippen molar-refractivity contribution >= 4 is 51.6 Å². The number of thiophene rings is 1. The van der Waals surface area contributed by atoms with Crippen LogP contribution in [0.1, 0.15) is 23.7 Å². The molecule has 25 heavy (non-hydrogen) atoms. The Hall–Kier alpha value is -1.83. The van der Waals surface area contributed by atoms with E-state index in [0.29, 0.717) is 22.5 Å². The number of aromatic amines is 1. The van der Waals surface area contributed by atoms with Crippen LogP contribution in [-0.2, 0) is 15.3 Å². The van der Waals surface area contributed by atoms with Crippen molar-refractivity contribution in [3.05, 3.63) is 61.8 Å². The minimum absolute atomic E-state index is 0.220. The van der Waals surface area contributed by atoms with E-state index in [1.807, 2.05) is 18.2 Å². The zero-order chi connectivity index (χ0) is 17.8. The molecule has 0 saturated carbocycles. The summed E-state index contributed by atoms with van der Waals surface area (Å²) in [5, 5.41) is 0.509. The summed E-state index contributed by atoms with van der Waals surface area (Å²) in [6, 6.07) is 10.8. The van der Waals surface area contributed by atoms with E-state index in [4.69, 9.17) is 16.3 Å². The summed E-state index contributed by atoms with van der Waals surface area (Å²) in [5.41, 5.74) is 0.334. The lowest BCUT2D eigenvalue weighted by Gasteiger charge is -2.12. The third kappa shape index (κ3) is 4.62. The molecule has 130 valence electrons. The molecule has 1 N–H and O–H groups in total. The number of nitrogens with one attached hydrogen (secondary N) is 1. The first-order valence-corrected chi connectivity index (χ1v) is 9.88. The molecule has 0 bridgehead atoms. The van der Waals surface area contributed by atoms with Crippen LogP contribution in [0.25, 0.3) is 10.9 Å². The highest BCUT2D eigenvalue weighted by atomic mass is 35.5. The van der Waals surface area contributed by atoms with Gasteiger partial charge in [0.2, 0.25) is 0 Å². The first-order valence-electron chi connectivity index (χ1n) is 7.53. The van der Waals surface area contributed by atoms with Crippen LogP contribution in [0.3, 0.4) is 0 Å². The number of hydrogen-bond donors (Lipinski definition) is 1. The molecule has 0 unspecified atom stereocenters. The summed E-state index contributed by atoms with van der Waals surface area (Å²) in [5.74, 6) is 0.909. The van der Waals surface area contributed by atoms with E-state index < -0.39 is 6.10 Å². The fourth-order valence-corrected chi connectivity index (χ4v) is 4.25. The number of carbonyl (C=O) groups is 1. The second-order valence-corrected chi connectivity index (χ2v) is 8.08. The molecule has 0 fully saturated rings. The molecule has 0 saturated heterocycles. The minimum atomic E-state index is -0.624. The molecule has 1 atom stereocenters. The van der Waals surface area contributed by atoms with Gasteiger partial charge in [0.15, 0.2) is 11.9 Å². The normalized spacial score (nSPS) is 12.2. The zero-order valence-corrected chi connectivity index (χ0v) is 15.7. The lowest BCUT2D eigenvalue weighted by Crippen LogP contribution is -2.18. The second kappa shape index (κ2) is 8.03. The Balaban J connectivity index is 1.58. The number of carbonyl (C=O) groups excluding carboxylic acids is 1. The second-order valence-electron chi connectivity index (χ2n) is 5.30. The quantitative estimate of drug-likeness (QED) is 0.635. The molecular formula is C17H15ClN2O3S2. The van der Waals surface area contributed by atoms with Gasteiger partial charge in [-0.15, -0.1) is 23.1 Å². The highest BCUT2D eigenvalue weighted by molar-refractivity contribution is 7.99. The largest absolute Gasteiger partial charge is 0.454 e. The van der Waals surface area contributed by atoms with Crippen LogP contribution < -0.4 is 5.56 Å². The Labute approximate surface area is 157 Å². The maximum absolute atomic E-state index is 12.1. The number of nitrogens with zero attached hydrogens (tertiary/aromatic N) is 1. The van der Waals surface area contributed by atoms with Crippen molar-refractivity contribution in [1.82, 2.24) is 9.97 Å². The Morgan fingerprint density at radius 3 is 2.92 bits per heavy atom. The third-order valence-electron chi connectivity index (χ3n) is 3.42. The highest BCUT2D eigenvalue weighted by Gasteiger charge is 2.15. The van der Waals surface area contributed by atoms with E-state index in [1.165, 1.54) is 23.1 Å². The first-order chi connectivity index (χ1) is 12.0. The lowest BCUT2D eigenvalue weighted by atomic mass is 10.2. The molecule has 1 aromatic carbocycles. The van der Waals surface area contributed by atoms with Gasteiger partial charge in [-0.1, -0.05) is 23.7 Å². The number of aromatic nitrogens is 2. The van der Waals surface area contributed by atoms with Gasteiger partial charge in [0.25, 0.3) is 5.56 Å². The van der Waals surface area contributed by atoms with Crippen molar-refractivity contribution in [2.45, 2.75) is 18.8 Å². The minimum Gasteiger partial charge on any atom is -0.454 e. The van der Waals surface area contributed by atoms with E-state index in [1.54, 1.807) is 25.1 Å². The zero-order valence-electron chi connectivity index (χ0n) is 13.3. The van der Waals surface area contributed by atoms with Gasteiger partial charge in [-0.2, -0.15) is 0 Å². The Morgan fingerprint density at radius 1 is 1.36 bits per heavy atom. The van der Waals surface area contributed by atoms with Crippen LogP contribution in [0.4, 0.5) is 0 Å². The molecule has 0 spiro atoms. The van der Waals surface area contributed by atoms with Crippen LogP contribution >= 0.6 is 34.7 Å². The summed E-state index contributed by atoms with van der Waals surface area (Å²) in [6.45, 7) is 1.69. The maximum atomic E-state index is 12.1. The smallest absolute Gasteiger partial charge is 0.316 e. The summed E-state index contributed by atoms with van der Waals surface area (Å²) < 4.78 is 6.10. The number of thioether (sulfide) groups is 1. The molecule has 0 aliphatic heterocycles. The number of benzene rings is 1. The van der Waals surface area contributed by atoms with Gasteiger partial charge in [-0.05, 0) is 31.2 Å². The van der Waals surface area contributed by atoms with Crippen LogP contribution in [0.15, 0.2) is 41.2 Å².